The van der Waals surface area contributed by atoms with Crippen LogP contribution in [0.3, 0.4) is 0 Å². The smallest absolute Gasteiger partial charge is 0.166 e. The minimum atomic E-state index is -0.952. The fourth-order valence-corrected chi connectivity index (χ4v) is 2.99. The average Bonchev–Trinajstić information content (AvgIpc) is 2.75. The number of rotatable bonds is 2. The van der Waals surface area contributed by atoms with Crippen molar-refractivity contribution < 1.29 is 22.3 Å². The van der Waals surface area contributed by atoms with Crippen molar-refractivity contribution in [3.63, 3.8) is 0 Å². The molecular weight excluding hydrogens is 394 g/mol. The molecule has 2 nitrogen and oxygen atoms in total. The number of halogens is 4. The van der Waals surface area contributed by atoms with Crippen LogP contribution in [0.2, 0.25) is 0 Å². The van der Waals surface area contributed by atoms with E-state index in [-0.39, 0.29) is 10.9 Å². The first-order chi connectivity index (χ1) is 14.5. The number of ether oxygens (including phenoxy) is 1. The second-order valence-corrected chi connectivity index (χ2v) is 6.45. The Morgan fingerprint density at radius 2 is 1.57 bits per heavy atom. The van der Waals surface area contributed by atoms with Crippen LogP contribution in [0.25, 0.3) is 22.0 Å². The van der Waals surface area contributed by atoms with Crippen molar-refractivity contribution in [2.24, 2.45) is 0 Å². The summed E-state index contributed by atoms with van der Waals surface area (Å²) in [6.45, 7) is 0. The minimum absolute atomic E-state index is 0.106. The fraction of sp³-hybridized carbons (Fsp3) is 0.0417. The lowest BCUT2D eigenvalue weighted by Crippen LogP contribution is -1.94. The van der Waals surface area contributed by atoms with Gasteiger partial charge >= 0.3 is 0 Å². The van der Waals surface area contributed by atoms with Gasteiger partial charge in [0.1, 0.15) is 17.4 Å². The lowest BCUT2D eigenvalue weighted by Gasteiger charge is -2.05. The van der Waals surface area contributed by atoms with Crippen molar-refractivity contribution in [2.45, 2.75) is 0 Å². The first-order valence-corrected chi connectivity index (χ1v) is 8.85. The van der Waals surface area contributed by atoms with Gasteiger partial charge in [-0.15, -0.1) is 0 Å². The highest BCUT2D eigenvalue weighted by Crippen LogP contribution is 2.25. The van der Waals surface area contributed by atoms with Gasteiger partial charge in [0.05, 0.1) is 24.6 Å². The summed E-state index contributed by atoms with van der Waals surface area (Å²) in [6.07, 6.45) is 1.45. The quantitative estimate of drug-likeness (QED) is 0.306. The van der Waals surface area contributed by atoms with Crippen LogP contribution in [0.5, 0.6) is 5.75 Å². The Hall–Kier alpha value is -3.85. The van der Waals surface area contributed by atoms with E-state index >= 15 is 0 Å². The molecule has 1 aromatic heterocycles. The molecule has 0 aliphatic rings. The van der Waals surface area contributed by atoms with Gasteiger partial charge in [-0.3, -0.25) is 4.98 Å². The van der Waals surface area contributed by atoms with Gasteiger partial charge in [0.15, 0.2) is 11.6 Å². The number of pyridine rings is 1. The van der Waals surface area contributed by atoms with Crippen molar-refractivity contribution in [2.75, 3.05) is 7.11 Å². The molecule has 0 radical (unpaired) electrons. The Labute approximate surface area is 169 Å². The Morgan fingerprint density at radius 1 is 0.800 bits per heavy atom. The number of benzene rings is 3. The number of methoxy groups -OCH3 is 1. The average molecular weight is 407 g/mol. The Kier molecular flexibility index (Phi) is 5.11. The SMILES string of the molecule is COc1ccc(-c2cc(F)c(C#Cc3ccc4c(F)c(F)ccc4c3)c(F)c2)nc1. The highest BCUT2D eigenvalue weighted by atomic mass is 19.2. The van der Waals surface area contributed by atoms with Crippen molar-refractivity contribution >= 4 is 10.8 Å². The summed E-state index contributed by atoms with van der Waals surface area (Å²) in [5.74, 6) is 2.11. The van der Waals surface area contributed by atoms with Crippen LogP contribution in [0.4, 0.5) is 17.6 Å². The van der Waals surface area contributed by atoms with Gasteiger partial charge < -0.3 is 4.74 Å². The summed E-state index contributed by atoms with van der Waals surface area (Å²) in [5, 5.41) is 0.539. The second-order valence-electron chi connectivity index (χ2n) is 6.45. The maximum atomic E-state index is 14.5. The molecule has 0 aliphatic heterocycles. The topological polar surface area (TPSA) is 22.1 Å². The summed E-state index contributed by atoms with van der Waals surface area (Å²) in [7, 11) is 1.49. The van der Waals surface area contributed by atoms with E-state index in [1.54, 1.807) is 12.1 Å². The van der Waals surface area contributed by atoms with Gasteiger partial charge in [0, 0.05) is 16.5 Å². The summed E-state index contributed by atoms with van der Waals surface area (Å²) in [4.78, 5) is 4.12. The summed E-state index contributed by atoms with van der Waals surface area (Å²) >= 11 is 0. The van der Waals surface area contributed by atoms with Crippen LogP contribution in [-0.2, 0) is 0 Å². The standard InChI is InChI=1S/C24H13F4NO/c1-30-17-5-9-23(29-13-17)16-11-21(26)19(22(27)12-16)7-3-14-2-6-18-15(10-14)4-8-20(25)24(18)28/h2,4-6,8-13H,1H3. The fourth-order valence-electron chi connectivity index (χ4n) is 2.99. The maximum absolute atomic E-state index is 14.5. The lowest BCUT2D eigenvalue weighted by molar-refractivity contribution is 0.413. The van der Waals surface area contributed by atoms with Crippen LogP contribution < -0.4 is 4.74 Å². The van der Waals surface area contributed by atoms with Crippen LogP contribution >= 0.6 is 0 Å². The molecule has 30 heavy (non-hydrogen) atoms. The van der Waals surface area contributed by atoms with E-state index in [1.165, 1.54) is 37.6 Å². The normalized spacial score (nSPS) is 10.6. The molecule has 0 unspecified atom stereocenters. The van der Waals surface area contributed by atoms with E-state index in [2.05, 4.69) is 16.8 Å². The van der Waals surface area contributed by atoms with E-state index in [0.29, 0.717) is 22.4 Å². The first-order valence-electron chi connectivity index (χ1n) is 8.85. The lowest BCUT2D eigenvalue weighted by atomic mass is 10.0. The highest BCUT2D eigenvalue weighted by Gasteiger charge is 2.12. The molecule has 0 saturated carbocycles. The molecule has 1 heterocycles. The molecule has 3 aromatic carbocycles. The maximum Gasteiger partial charge on any atom is 0.166 e. The number of fused-ring (bicyclic) bond motifs is 1. The van der Waals surface area contributed by atoms with Gasteiger partial charge in [-0.2, -0.15) is 0 Å². The van der Waals surface area contributed by atoms with E-state index in [4.69, 9.17) is 4.74 Å². The molecule has 4 rings (SSSR count). The molecule has 6 heteroatoms. The zero-order chi connectivity index (χ0) is 21.3. The largest absolute Gasteiger partial charge is 0.495 e. The summed E-state index contributed by atoms with van der Waals surface area (Å²) in [6, 6.07) is 12.3. The van der Waals surface area contributed by atoms with Crippen LogP contribution in [0.1, 0.15) is 11.1 Å². The highest BCUT2D eigenvalue weighted by molar-refractivity contribution is 5.84. The number of aromatic nitrogens is 1. The van der Waals surface area contributed by atoms with Crippen molar-refractivity contribution in [1.82, 2.24) is 4.98 Å². The molecular formula is C24H13F4NO. The molecule has 0 atom stereocenters. The van der Waals surface area contributed by atoms with Gasteiger partial charge in [0.25, 0.3) is 0 Å². The molecule has 148 valence electrons. The Balaban J connectivity index is 1.68. The number of hydrogen-bond donors (Lipinski definition) is 0. The predicted octanol–water partition coefficient (Wildman–Crippen LogP) is 5.87. The van der Waals surface area contributed by atoms with E-state index in [1.807, 2.05) is 0 Å². The Morgan fingerprint density at radius 3 is 2.23 bits per heavy atom. The third-order valence-electron chi connectivity index (χ3n) is 4.55. The molecule has 0 spiro atoms. The molecule has 0 saturated heterocycles. The third kappa shape index (κ3) is 3.70. The van der Waals surface area contributed by atoms with E-state index in [0.717, 1.165) is 18.2 Å². The van der Waals surface area contributed by atoms with E-state index in [9.17, 15) is 17.6 Å². The number of hydrogen-bond acceptors (Lipinski definition) is 2. The monoisotopic (exact) mass is 407 g/mol. The summed E-state index contributed by atoms with van der Waals surface area (Å²) in [5.41, 5.74) is 0.671. The summed E-state index contributed by atoms with van der Waals surface area (Å²) < 4.78 is 61.1. The van der Waals surface area contributed by atoms with Crippen molar-refractivity contribution in [3.8, 4) is 28.8 Å². The molecule has 4 aromatic rings. The first kappa shape index (κ1) is 19.5. The third-order valence-corrected chi connectivity index (χ3v) is 4.55. The Bertz CT molecular complexity index is 1300. The van der Waals surface area contributed by atoms with Gasteiger partial charge in [0.2, 0.25) is 0 Å². The molecule has 0 fully saturated rings. The zero-order valence-corrected chi connectivity index (χ0v) is 15.6. The van der Waals surface area contributed by atoms with Crippen LogP contribution in [-0.4, -0.2) is 12.1 Å². The van der Waals surface area contributed by atoms with Crippen LogP contribution in [0.15, 0.2) is 60.8 Å². The molecule has 0 aliphatic carbocycles. The van der Waals surface area contributed by atoms with Crippen molar-refractivity contribution in [1.29, 1.82) is 0 Å². The second kappa shape index (κ2) is 7.88. The van der Waals surface area contributed by atoms with Gasteiger partial charge in [-0.1, -0.05) is 24.0 Å². The minimum Gasteiger partial charge on any atom is -0.495 e. The van der Waals surface area contributed by atoms with Gasteiger partial charge in [-0.05, 0) is 47.9 Å². The van der Waals surface area contributed by atoms with Crippen LogP contribution in [0, 0.1) is 35.1 Å². The van der Waals surface area contributed by atoms with Crippen molar-refractivity contribution in [3.05, 3.63) is 95.2 Å². The predicted molar refractivity (Wildman–Crippen MR) is 106 cm³/mol. The zero-order valence-electron chi connectivity index (χ0n) is 15.6. The number of nitrogens with zero attached hydrogens (tertiary/aromatic N) is 1. The molecule has 0 bridgehead atoms. The van der Waals surface area contributed by atoms with Gasteiger partial charge in [-0.25, -0.2) is 17.6 Å². The molecule has 0 amide bonds. The molecule has 0 N–H and O–H groups in total. The van der Waals surface area contributed by atoms with E-state index < -0.39 is 28.8 Å².